The fraction of sp³-hybridized carbons (Fsp3) is 0.364. The van der Waals surface area contributed by atoms with Gasteiger partial charge < -0.3 is 4.74 Å². The maximum Gasteiger partial charge on any atom is 0.338 e. The summed E-state index contributed by atoms with van der Waals surface area (Å²) in [5.74, 6) is -0.121. The molecular formula is C11H13N3O4S2. The van der Waals surface area contributed by atoms with Crippen LogP contribution in [0.15, 0.2) is 29.4 Å². The molecule has 0 bridgehead atoms. The smallest absolute Gasteiger partial charge is 0.338 e. The highest BCUT2D eigenvalue weighted by Crippen LogP contribution is 2.14. The van der Waals surface area contributed by atoms with Gasteiger partial charge in [-0.1, -0.05) is 17.2 Å². The number of carbonyl (C=O) groups excluding carboxylic acids is 1. The van der Waals surface area contributed by atoms with Crippen LogP contribution >= 0.6 is 10.8 Å². The molecule has 1 aromatic rings. The molecule has 0 aromatic heterocycles. The van der Waals surface area contributed by atoms with Gasteiger partial charge in [-0.05, 0) is 34.9 Å². The van der Waals surface area contributed by atoms with Crippen molar-refractivity contribution in [3.63, 3.8) is 0 Å². The SMILES string of the molecule is CS(=O)(=O)SCCCOC(=O)c1ccc(N=[N+]=[N-])cc1. The lowest BCUT2D eigenvalue weighted by Crippen LogP contribution is -2.07. The topological polar surface area (TPSA) is 109 Å². The van der Waals surface area contributed by atoms with Crippen molar-refractivity contribution in [2.75, 3.05) is 18.6 Å². The molecule has 0 aliphatic rings. The number of ether oxygens (including phenoxy) is 1. The van der Waals surface area contributed by atoms with Gasteiger partial charge in [0.05, 0.1) is 12.2 Å². The Bertz CT molecular complexity index is 607. The highest BCUT2D eigenvalue weighted by molar-refractivity contribution is 8.71. The molecular weight excluding hydrogens is 302 g/mol. The van der Waals surface area contributed by atoms with Gasteiger partial charge in [-0.15, -0.1) is 0 Å². The van der Waals surface area contributed by atoms with Crippen molar-refractivity contribution in [2.24, 2.45) is 5.11 Å². The van der Waals surface area contributed by atoms with Crippen molar-refractivity contribution >= 4 is 31.3 Å². The number of carbonyl (C=O) groups is 1. The first-order chi connectivity index (χ1) is 9.42. The van der Waals surface area contributed by atoms with Gasteiger partial charge in [0.15, 0.2) is 8.87 Å². The zero-order chi connectivity index (χ0) is 15.0. The van der Waals surface area contributed by atoms with Crippen LogP contribution in [0.3, 0.4) is 0 Å². The second kappa shape index (κ2) is 7.78. The van der Waals surface area contributed by atoms with Gasteiger partial charge in [0.1, 0.15) is 0 Å². The van der Waals surface area contributed by atoms with E-state index in [0.717, 1.165) is 17.0 Å². The van der Waals surface area contributed by atoms with E-state index in [-0.39, 0.29) is 6.61 Å². The number of nitrogens with zero attached hydrogens (tertiary/aromatic N) is 3. The van der Waals surface area contributed by atoms with E-state index in [4.69, 9.17) is 10.3 Å². The summed E-state index contributed by atoms with van der Waals surface area (Å²) in [5.41, 5.74) is 9.00. The van der Waals surface area contributed by atoms with E-state index in [0.29, 0.717) is 23.4 Å². The molecule has 1 rings (SSSR count). The lowest BCUT2D eigenvalue weighted by molar-refractivity contribution is 0.0506. The van der Waals surface area contributed by atoms with Crippen LogP contribution in [-0.4, -0.2) is 33.0 Å². The molecule has 0 aliphatic heterocycles. The maximum atomic E-state index is 11.6. The number of esters is 1. The fourth-order valence-corrected chi connectivity index (χ4v) is 3.03. The zero-order valence-corrected chi connectivity index (χ0v) is 12.4. The quantitative estimate of drug-likeness (QED) is 0.192. The number of benzene rings is 1. The molecule has 0 heterocycles. The number of rotatable bonds is 7. The third kappa shape index (κ3) is 6.46. The summed E-state index contributed by atoms with van der Waals surface area (Å²) in [6.45, 7) is 0.152. The molecule has 0 saturated heterocycles. The lowest BCUT2D eigenvalue weighted by atomic mass is 10.2. The first-order valence-corrected chi connectivity index (χ1v) is 8.98. The summed E-state index contributed by atoms with van der Waals surface area (Å²) in [5, 5.41) is 3.39. The van der Waals surface area contributed by atoms with E-state index in [1.807, 2.05) is 0 Å². The van der Waals surface area contributed by atoms with Gasteiger partial charge in [-0.2, -0.15) is 0 Å². The van der Waals surface area contributed by atoms with Crippen molar-refractivity contribution in [1.29, 1.82) is 0 Å². The van der Waals surface area contributed by atoms with Gasteiger partial charge in [0.2, 0.25) is 0 Å². The van der Waals surface area contributed by atoms with E-state index < -0.39 is 14.8 Å². The molecule has 1 aromatic carbocycles. The van der Waals surface area contributed by atoms with E-state index in [9.17, 15) is 13.2 Å². The largest absolute Gasteiger partial charge is 0.462 e. The Morgan fingerprint density at radius 1 is 1.40 bits per heavy atom. The van der Waals surface area contributed by atoms with Gasteiger partial charge >= 0.3 is 5.97 Å². The Morgan fingerprint density at radius 3 is 2.60 bits per heavy atom. The molecule has 9 heteroatoms. The molecule has 0 spiro atoms. The summed E-state index contributed by atoms with van der Waals surface area (Å²) in [7, 11) is -2.23. The highest BCUT2D eigenvalue weighted by Gasteiger charge is 2.07. The van der Waals surface area contributed by atoms with E-state index in [1.165, 1.54) is 24.3 Å². The summed E-state index contributed by atoms with van der Waals surface area (Å²) in [4.78, 5) is 14.3. The molecule has 0 N–H and O–H groups in total. The Labute approximate surface area is 120 Å². The van der Waals surface area contributed by atoms with Crippen LogP contribution in [-0.2, 0) is 13.6 Å². The fourth-order valence-electron chi connectivity index (χ4n) is 1.23. The first-order valence-electron chi connectivity index (χ1n) is 5.59. The Hall–Kier alpha value is -1.70. The van der Waals surface area contributed by atoms with E-state index in [2.05, 4.69) is 10.0 Å². The first kappa shape index (κ1) is 16.4. The molecule has 0 aliphatic carbocycles. The molecule has 108 valence electrons. The van der Waals surface area contributed by atoms with Gasteiger partial charge in [0.25, 0.3) is 0 Å². The number of azide groups is 1. The van der Waals surface area contributed by atoms with Gasteiger partial charge in [-0.3, -0.25) is 0 Å². The van der Waals surface area contributed by atoms with Crippen LogP contribution in [0, 0.1) is 0 Å². The molecule has 0 unspecified atom stereocenters. The average molecular weight is 315 g/mol. The lowest BCUT2D eigenvalue weighted by Gasteiger charge is -2.04. The summed E-state index contributed by atoms with van der Waals surface area (Å²) < 4.78 is 26.7. The summed E-state index contributed by atoms with van der Waals surface area (Å²) in [6, 6.07) is 6.01. The Kier molecular flexibility index (Phi) is 6.37. The minimum atomic E-state index is -3.05. The summed E-state index contributed by atoms with van der Waals surface area (Å²) in [6.07, 6.45) is 1.59. The normalized spacial score (nSPS) is 10.7. The number of hydrogen-bond acceptors (Lipinski definition) is 6. The zero-order valence-electron chi connectivity index (χ0n) is 10.7. The molecule has 0 amide bonds. The minimum absolute atomic E-state index is 0.152. The minimum Gasteiger partial charge on any atom is -0.462 e. The van der Waals surface area contributed by atoms with E-state index in [1.54, 1.807) is 0 Å². The third-order valence-corrected chi connectivity index (χ3v) is 4.75. The molecule has 0 saturated carbocycles. The molecule has 0 atom stereocenters. The molecule has 0 fully saturated rings. The summed E-state index contributed by atoms with van der Waals surface area (Å²) >= 11 is 0. The van der Waals surface area contributed by atoms with Crippen LogP contribution in [0.5, 0.6) is 0 Å². The van der Waals surface area contributed by atoms with Crippen molar-refractivity contribution < 1.29 is 17.9 Å². The Morgan fingerprint density at radius 2 is 2.05 bits per heavy atom. The van der Waals surface area contributed by atoms with Crippen LogP contribution in [0.2, 0.25) is 0 Å². The van der Waals surface area contributed by atoms with Crippen LogP contribution < -0.4 is 0 Å². The standard InChI is InChI=1S/C11H13N3O4S2/c1-20(16,17)19-8-2-7-18-11(15)9-3-5-10(6-4-9)13-14-12/h3-6H,2,7-8H2,1H3. The third-order valence-electron chi connectivity index (χ3n) is 2.08. The molecule has 7 nitrogen and oxygen atoms in total. The predicted molar refractivity (Wildman–Crippen MR) is 77.4 cm³/mol. The second-order valence-electron chi connectivity index (χ2n) is 3.75. The van der Waals surface area contributed by atoms with Crippen LogP contribution in [0.1, 0.15) is 16.8 Å². The van der Waals surface area contributed by atoms with Crippen LogP contribution in [0.4, 0.5) is 5.69 Å². The van der Waals surface area contributed by atoms with Crippen molar-refractivity contribution in [2.45, 2.75) is 6.42 Å². The highest BCUT2D eigenvalue weighted by atomic mass is 33.1. The van der Waals surface area contributed by atoms with Crippen LogP contribution in [0.25, 0.3) is 10.4 Å². The molecule has 20 heavy (non-hydrogen) atoms. The maximum absolute atomic E-state index is 11.6. The molecule has 0 radical (unpaired) electrons. The monoisotopic (exact) mass is 315 g/mol. The average Bonchev–Trinajstić information content (AvgIpc) is 2.38. The predicted octanol–water partition coefficient (Wildman–Crippen LogP) is 2.87. The van der Waals surface area contributed by atoms with Gasteiger partial charge in [0, 0.05) is 22.6 Å². The van der Waals surface area contributed by atoms with Crippen molar-refractivity contribution in [3.05, 3.63) is 40.3 Å². The van der Waals surface area contributed by atoms with E-state index >= 15 is 0 Å². The van der Waals surface area contributed by atoms with Gasteiger partial charge in [-0.25, -0.2) is 13.2 Å². The Balaban J connectivity index is 2.37. The van der Waals surface area contributed by atoms with Crippen molar-refractivity contribution in [3.8, 4) is 0 Å². The second-order valence-corrected chi connectivity index (χ2v) is 8.33. The number of hydrogen-bond donors (Lipinski definition) is 0. The van der Waals surface area contributed by atoms with Crippen molar-refractivity contribution in [1.82, 2.24) is 0 Å².